The predicted octanol–water partition coefficient (Wildman–Crippen LogP) is -0.519. The molecule has 0 saturated carbocycles. The first kappa shape index (κ1) is 25.0. The van der Waals surface area contributed by atoms with E-state index in [9.17, 15) is 29.4 Å². The van der Waals surface area contributed by atoms with Gasteiger partial charge in [-0.05, 0) is 11.8 Å². The minimum absolute atomic E-state index is 0. The molecule has 6 nitrogen and oxygen atoms in total. The van der Waals surface area contributed by atoms with Crippen LogP contribution in [0.25, 0.3) is 0 Å². The molecular weight excluding hydrogens is 312 g/mol. The van der Waals surface area contributed by atoms with Gasteiger partial charge in [-0.1, -0.05) is 27.7 Å². The third kappa shape index (κ3) is 24.4. The summed E-state index contributed by atoms with van der Waals surface area (Å²) >= 11 is 0. The molecule has 0 heterocycles. The Balaban J connectivity index is -0.000000295. The average molecular weight is 334 g/mol. The smallest absolute Gasteiger partial charge is 0.550 e. The van der Waals surface area contributed by atoms with Crippen molar-refractivity contribution in [3.05, 3.63) is 0 Å². The Bertz CT molecular complexity index is 315. The van der Waals surface area contributed by atoms with Gasteiger partial charge in [-0.2, -0.15) is 0 Å². The van der Waals surface area contributed by atoms with Crippen LogP contribution >= 0.6 is 0 Å². The summed E-state index contributed by atoms with van der Waals surface area (Å²) in [5, 5.41) is 19.7. The Hall–Kier alpha value is -1.01. The maximum atomic E-state index is 10.6. The van der Waals surface area contributed by atoms with E-state index in [4.69, 9.17) is 0 Å². The third-order valence-electron chi connectivity index (χ3n) is 1.95. The second-order valence-electron chi connectivity index (χ2n) is 5.37. The van der Waals surface area contributed by atoms with E-state index in [-0.39, 0.29) is 45.1 Å². The number of carboxylic acid groups (broad SMARTS) is 2. The van der Waals surface area contributed by atoms with Gasteiger partial charge in [0.05, 0.1) is 0 Å². The summed E-state index contributed by atoms with van der Waals surface area (Å²) in [7, 11) is 0. The molecule has 0 unspecified atom stereocenters. The molecule has 0 radical (unpaired) electrons. The summed E-state index contributed by atoms with van der Waals surface area (Å²) in [6, 6.07) is 0. The minimum atomic E-state index is -1.29. The van der Waals surface area contributed by atoms with E-state index in [1.807, 2.05) is 27.7 Å². The van der Waals surface area contributed by atoms with Crippen LogP contribution in [-0.2, 0) is 40.9 Å². The van der Waals surface area contributed by atoms with Gasteiger partial charge >= 0.3 is 21.7 Å². The molecule has 0 aromatic rings. The summed E-state index contributed by atoms with van der Waals surface area (Å²) in [6.07, 6.45) is -0.238. The van der Waals surface area contributed by atoms with Crippen LogP contribution < -0.4 is 10.2 Å². The van der Waals surface area contributed by atoms with Gasteiger partial charge in [0.15, 0.2) is 0 Å². The zero-order valence-corrected chi connectivity index (χ0v) is 14.5. The van der Waals surface area contributed by atoms with Crippen molar-refractivity contribution >= 4 is 23.5 Å². The summed E-state index contributed by atoms with van der Waals surface area (Å²) in [5.41, 5.74) is 0. The first-order valence-corrected chi connectivity index (χ1v) is 6.47. The first-order chi connectivity index (χ1) is 9.04. The third-order valence-corrected chi connectivity index (χ3v) is 1.95. The van der Waals surface area contributed by atoms with Gasteiger partial charge in [0.1, 0.15) is 11.6 Å². The van der Waals surface area contributed by atoms with Crippen molar-refractivity contribution in [2.75, 3.05) is 0 Å². The van der Waals surface area contributed by atoms with Crippen LogP contribution in [0.5, 0.6) is 0 Å². The van der Waals surface area contributed by atoms with Gasteiger partial charge in [-0.15, -0.1) is 0 Å². The Morgan fingerprint density at radius 1 is 0.714 bits per heavy atom. The standard InChI is InChI=1S/2C7H12O3.Ti/c2*1-5(2)3-6(8)4-7(9)10;/h2*5H,3-4H2,1-2H3,(H,9,10);/q;;+2/p-2. The number of aliphatic carboxylic acids is 2. The van der Waals surface area contributed by atoms with Gasteiger partial charge in [0, 0.05) is 37.6 Å². The van der Waals surface area contributed by atoms with Gasteiger partial charge in [-0.3, -0.25) is 9.59 Å². The maximum absolute atomic E-state index is 10.6. The number of rotatable bonds is 8. The second kappa shape index (κ2) is 14.0. The van der Waals surface area contributed by atoms with Crippen LogP contribution in [0.1, 0.15) is 53.4 Å². The van der Waals surface area contributed by atoms with Gasteiger partial charge in [-0.25, -0.2) is 0 Å². The van der Waals surface area contributed by atoms with E-state index in [1.54, 1.807) is 0 Å². The SMILES string of the molecule is CC(C)CC(=O)CC(=O)[O-].CC(C)CC(=O)CC(=O)[O-].[Ti+2]. The number of carbonyl (C=O) groups is 4. The Morgan fingerprint density at radius 2 is 0.952 bits per heavy atom. The van der Waals surface area contributed by atoms with Crippen LogP contribution in [0.15, 0.2) is 0 Å². The minimum Gasteiger partial charge on any atom is -0.550 e. The fourth-order valence-corrected chi connectivity index (χ4v) is 1.38. The zero-order valence-electron chi connectivity index (χ0n) is 12.9. The topological polar surface area (TPSA) is 114 Å². The first-order valence-electron chi connectivity index (χ1n) is 6.47. The zero-order chi connectivity index (χ0) is 16.3. The Morgan fingerprint density at radius 3 is 1.10 bits per heavy atom. The quantitative estimate of drug-likeness (QED) is 0.436. The molecule has 0 aliphatic rings. The van der Waals surface area contributed by atoms with Crippen LogP contribution in [0.3, 0.4) is 0 Å². The molecule has 118 valence electrons. The number of carboxylic acids is 2. The molecule has 0 aromatic heterocycles. The molecule has 7 heteroatoms. The molecule has 0 N–H and O–H groups in total. The number of carbonyl (C=O) groups excluding carboxylic acids is 4. The molecule has 0 aliphatic heterocycles. The molecule has 0 amide bonds. The van der Waals surface area contributed by atoms with E-state index >= 15 is 0 Å². The number of hydrogen-bond donors (Lipinski definition) is 0. The Kier molecular flexibility index (Phi) is 16.6. The monoisotopic (exact) mass is 334 g/mol. The summed E-state index contributed by atoms with van der Waals surface area (Å²) in [5.74, 6) is -2.62. The fraction of sp³-hybridized carbons (Fsp3) is 0.714. The van der Waals surface area contributed by atoms with Crippen LogP contribution in [-0.4, -0.2) is 23.5 Å². The van der Waals surface area contributed by atoms with Crippen molar-refractivity contribution in [3.8, 4) is 0 Å². The molecule has 0 saturated heterocycles. The van der Waals surface area contributed by atoms with Crippen molar-refractivity contribution in [1.29, 1.82) is 0 Å². The number of ketones is 2. The summed E-state index contributed by atoms with van der Waals surface area (Å²) < 4.78 is 0. The predicted molar refractivity (Wildman–Crippen MR) is 68.2 cm³/mol. The van der Waals surface area contributed by atoms with Crippen molar-refractivity contribution < 1.29 is 51.1 Å². The molecule has 0 aliphatic carbocycles. The number of hydrogen-bond acceptors (Lipinski definition) is 6. The molecule has 0 fully saturated rings. The van der Waals surface area contributed by atoms with Crippen molar-refractivity contribution in [2.45, 2.75) is 53.4 Å². The van der Waals surface area contributed by atoms with Crippen LogP contribution in [0.2, 0.25) is 0 Å². The molecular formula is C14H22O6Ti. The molecule has 0 bridgehead atoms. The number of Topliss-reactive ketones (excluding diaryl/α,β-unsaturated/α-hetero) is 2. The van der Waals surface area contributed by atoms with E-state index in [0.29, 0.717) is 12.8 Å². The summed E-state index contributed by atoms with van der Waals surface area (Å²) in [4.78, 5) is 41.0. The summed E-state index contributed by atoms with van der Waals surface area (Å²) in [6.45, 7) is 7.47. The van der Waals surface area contributed by atoms with Crippen LogP contribution in [0, 0.1) is 11.8 Å². The second-order valence-corrected chi connectivity index (χ2v) is 5.37. The molecule has 0 rings (SSSR count). The largest absolute Gasteiger partial charge is 2.00 e. The molecule has 21 heavy (non-hydrogen) atoms. The van der Waals surface area contributed by atoms with Gasteiger partial charge < -0.3 is 19.8 Å². The van der Waals surface area contributed by atoms with Gasteiger partial charge in [0.25, 0.3) is 0 Å². The van der Waals surface area contributed by atoms with E-state index in [1.165, 1.54) is 0 Å². The van der Waals surface area contributed by atoms with E-state index in [2.05, 4.69) is 0 Å². The molecule has 0 spiro atoms. The molecule has 0 atom stereocenters. The van der Waals surface area contributed by atoms with E-state index in [0.717, 1.165) is 0 Å². The average Bonchev–Trinajstić information content (AvgIpc) is 2.11. The van der Waals surface area contributed by atoms with Crippen LogP contribution in [0.4, 0.5) is 0 Å². The van der Waals surface area contributed by atoms with Crippen molar-refractivity contribution in [1.82, 2.24) is 0 Å². The maximum Gasteiger partial charge on any atom is 2.00 e. The van der Waals surface area contributed by atoms with Gasteiger partial charge in [0.2, 0.25) is 0 Å². The van der Waals surface area contributed by atoms with Crippen molar-refractivity contribution in [3.63, 3.8) is 0 Å². The normalized spacial score (nSPS) is 9.43. The molecule has 0 aromatic carbocycles. The fourth-order valence-electron chi connectivity index (χ4n) is 1.38. The van der Waals surface area contributed by atoms with Crippen molar-refractivity contribution in [2.24, 2.45) is 11.8 Å². The Labute approximate surface area is 140 Å². The van der Waals surface area contributed by atoms with E-state index < -0.39 is 24.8 Å².